The van der Waals surface area contributed by atoms with Crippen LogP contribution in [0.3, 0.4) is 0 Å². The summed E-state index contributed by atoms with van der Waals surface area (Å²) in [7, 11) is 8.50. The van der Waals surface area contributed by atoms with Gasteiger partial charge in [0.1, 0.15) is 22.5 Å². The van der Waals surface area contributed by atoms with E-state index in [1.54, 1.807) is 191 Å². The van der Waals surface area contributed by atoms with E-state index in [0.717, 1.165) is 53.5 Å². The molecule has 0 atom stereocenters. The molecule has 0 fully saturated rings. The molecule has 12 aromatic rings. The van der Waals surface area contributed by atoms with Crippen molar-refractivity contribution >= 4 is 123 Å². The molecule has 38 nitrogen and oxygen atoms in total. The zero-order valence-electron chi connectivity index (χ0n) is 79.7. The normalized spacial score (nSPS) is 9.84. The van der Waals surface area contributed by atoms with Gasteiger partial charge in [0.05, 0.1) is 111 Å². The van der Waals surface area contributed by atoms with Crippen LogP contribution in [0, 0.1) is 87.1 Å². The van der Waals surface area contributed by atoms with Crippen LogP contribution in [0.25, 0.3) is 16.2 Å². The molecule has 0 aliphatic heterocycles. The van der Waals surface area contributed by atoms with Gasteiger partial charge < -0.3 is 79.8 Å². The van der Waals surface area contributed by atoms with Gasteiger partial charge >= 0.3 is 58.7 Å². The van der Waals surface area contributed by atoms with Crippen LogP contribution in [-0.2, 0) is 28.7 Å². The smallest absolute Gasteiger partial charge is 1.00 e. The fourth-order valence-electron chi connectivity index (χ4n) is 10.5. The molecule has 756 valence electrons. The number of aromatic carboxylic acids is 2. The third kappa shape index (κ3) is 43.7. The van der Waals surface area contributed by atoms with Gasteiger partial charge in [-0.15, -0.1) is 12.4 Å². The Kier molecular flexibility index (Phi) is 58.1. The monoisotopic (exact) mass is 2080 g/mol. The van der Waals surface area contributed by atoms with Crippen molar-refractivity contribution in [2.24, 2.45) is 11.5 Å². The van der Waals surface area contributed by atoms with E-state index in [1.165, 1.54) is 98.3 Å². The maximum absolute atomic E-state index is 15.1. The largest absolute Gasteiger partial charge is 2.00 e. The van der Waals surface area contributed by atoms with Gasteiger partial charge in [0.25, 0.3) is 17.7 Å². The topological polar surface area (TPSA) is 546 Å². The van der Waals surface area contributed by atoms with Crippen LogP contribution in [0.2, 0.25) is 0 Å². The van der Waals surface area contributed by atoms with Gasteiger partial charge in [0, 0.05) is 72.0 Å². The van der Waals surface area contributed by atoms with Gasteiger partial charge in [-0.1, -0.05) is 109 Å². The summed E-state index contributed by atoms with van der Waals surface area (Å²) >= 11 is 0. The zero-order chi connectivity index (χ0) is 105. The summed E-state index contributed by atoms with van der Waals surface area (Å²) in [6.07, 6.45) is -2.12. The molecule has 2 heterocycles. The first-order valence-electron chi connectivity index (χ1n) is 41.0. The molecule has 0 bridgehead atoms. The quantitative estimate of drug-likeness (QED) is 0.00308. The first kappa shape index (κ1) is 127. The minimum atomic E-state index is -1.53. The van der Waals surface area contributed by atoms with E-state index in [9.17, 15) is 80.9 Å². The van der Waals surface area contributed by atoms with Crippen molar-refractivity contribution in [1.82, 2.24) is 40.5 Å². The fraction of sp³-hybridized carbons (Fsp3) is 0.206. The number of hydroxylamine groups is 5. The summed E-state index contributed by atoms with van der Waals surface area (Å²) in [6, 6.07) is 67.1. The minimum absolute atomic E-state index is 0. The molecule has 46 heteroatoms. The summed E-state index contributed by atoms with van der Waals surface area (Å²) in [5.74, 6) is -10.0. The van der Waals surface area contributed by atoms with Crippen molar-refractivity contribution in [1.29, 1.82) is 5.26 Å². The maximum atomic E-state index is 15.1. The number of carbonyl (C=O) groups is 9. The number of anilines is 3. The van der Waals surface area contributed by atoms with Crippen molar-refractivity contribution in [3.8, 4) is 17.4 Å². The number of carboxylic acids is 2. The number of rotatable bonds is 21. The van der Waals surface area contributed by atoms with Crippen LogP contribution >= 0.6 is 12.4 Å². The molecule has 2 aromatic heterocycles. The first-order valence-corrected chi connectivity index (χ1v) is 41.0. The molecule has 0 spiro atoms. The third-order valence-corrected chi connectivity index (χ3v) is 17.0. The average molecular weight is 2080 g/mol. The minimum Gasteiger partial charge on any atom is -1.00 e. The fourth-order valence-corrected chi connectivity index (χ4v) is 10.5. The molecule has 13 N–H and O–H groups in total. The number of carbonyl (C=O) groups excluding carboxylic acids is 7. The molecular formula is C97H106BrClF5MgN17O21. The number of carboxylic acid groups (broad SMARTS) is 2. The summed E-state index contributed by atoms with van der Waals surface area (Å²) in [5.41, 5.74) is 23.2. The van der Waals surface area contributed by atoms with Crippen LogP contribution in [0.1, 0.15) is 144 Å². The summed E-state index contributed by atoms with van der Waals surface area (Å²) in [5, 5.41) is 62.6. The van der Waals surface area contributed by atoms with Crippen molar-refractivity contribution in [2.75, 3.05) is 85.4 Å². The number of aryl methyl sites for hydroxylation is 2. The number of amides is 3. The molecule has 0 saturated heterocycles. The predicted octanol–water partition coefficient (Wildman–Crippen LogP) is 13.5. The van der Waals surface area contributed by atoms with Gasteiger partial charge in [0.2, 0.25) is 11.6 Å². The second kappa shape index (κ2) is 65.3. The number of nitrogen functional groups attached to an aromatic ring is 2. The molecule has 0 radical (unpaired) electrons. The van der Waals surface area contributed by atoms with Gasteiger partial charge in [-0.3, -0.25) is 53.9 Å². The van der Waals surface area contributed by atoms with Gasteiger partial charge in [-0.05, 0) is 146 Å². The molecule has 0 aliphatic rings. The Morgan fingerprint density at radius 1 is 0.538 bits per heavy atom. The Morgan fingerprint density at radius 3 is 1.31 bits per heavy atom. The number of ketones is 2. The second-order valence-electron chi connectivity index (χ2n) is 29.6. The predicted molar refractivity (Wildman–Crippen MR) is 523 cm³/mol. The Labute approximate surface area is 853 Å². The van der Waals surface area contributed by atoms with Crippen molar-refractivity contribution in [2.45, 2.75) is 66.6 Å². The van der Waals surface area contributed by atoms with Crippen LogP contribution in [0.15, 0.2) is 243 Å². The number of nitriles is 1. The molecule has 3 amide bonds. The number of nitro groups is 2. The maximum Gasteiger partial charge on any atom is 2.00 e. The second-order valence-corrected chi connectivity index (χ2v) is 29.6. The van der Waals surface area contributed by atoms with Gasteiger partial charge in [-0.25, -0.2) is 62.2 Å². The third-order valence-electron chi connectivity index (χ3n) is 17.0. The van der Waals surface area contributed by atoms with Crippen molar-refractivity contribution in [3.63, 3.8) is 0 Å². The van der Waals surface area contributed by atoms with E-state index >= 15 is 4.39 Å². The standard InChI is InChI=1S/C25H17FN4O2.C13H10FNO.C12H9N3O2.C10H18O5.C9H9FN2O4.C9H11FN2O2.C7H4FNO4.C6H5.C4H13N3.C2H7NO.BrH.ClH.Mg.H2/c1-16-14-22(30(29-16)19-11-6-10-18(15-19)27-2)25(32)28-21-13-7-12-20(23(21)26)24(31)17-8-4-3-5-9-17;14-12-10(7-4-8-11(12)15)13(16)9-5-2-1-3-6-9;1-8-5-11(12(16)17)15(14-8)10-4-2-3-9(6-10)7-13;1-9(2,3)14-7(11)13-8(12)15-10(4,5)6;1-11(16-2)9(13)6-4-3-5-7(8(6)10)12(14)15;1-12(14-2)9(13)6-4-3-5-7(11)8(6)10;8-6-4(7(10)11)2-1-3-5(6)9(12)13;1-2-4-6-5-3-1;5-1-3-7-4-2-6;1-3-4-2;;;;/h3-15H,1H3,(H,28,32);1-8H,15H2;2-6H,1H3,(H,16,17);1-6H3;3-5H,1-2H3;3-5H,11H2,1-2H3;1-3H,(H,10,11);1-5H;7H,1-6H2;3H,1-2H3;2*1H;;1H/q;;;;;;;-1;;;;;+2;/p-1. The van der Waals surface area contributed by atoms with Crippen molar-refractivity contribution < 1.29 is 132 Å². The Balaban J connectivity index is 0. The number of hydrogen-bond acceptors (Lipinski definition) is 28. The van der Waals surface area contributed by atoms with Crippen molar-refractivity contribution in [3.05, 3.63) is 377 Å². The number of benzene rings is 10. The van der Waals surface area contributed by atoms with Crippen LogP contribution in [0.5, 0.6) is 0 Å². The number of aromatic nitrogens is 4. The van der Waals surface area contributed by atoms with E-state index in [0.29, 0.717) is 58.2 Å². The van der Waals surface area contributed by atoms with Crippen LogP contribution in [0.4, 0.5) is 65.7 Å². The Hall–Kier alpha value is -15.7. The summed E-state index contributed by atoms with van der Waals surface area (Å²) in [4.78, 5) is 140. The summed E-state index contributed by atoms with van der Waals surface area (Å²) in [6.45, 7) is 23.8. The van der Waals surface area contributed by atoms with Gasteiger partial charge in [-0.2, -0.15) is 60.6 Å². The molecule has 0 unspecified atom stereocenters. The van der Waals surface area contributed by atoms with E-state index in [-0.39, 0.29) is 105 Å². The van der Waals surface area contributed by atoms with Crippen LogP contribution in [-0.4, -0.2) is 206 Å². The average Bonchev–Trinajstić information content (AvgIpc) is 1.73. The van der Waals surface area contributed by atoms with E-state index in [4.69, 9.17) is 54.5 Å². The molecule has 10 aromatic carbocycles. The number of nitrogens with zero attached hydrogens (tertiary/aromatic N) is 10. The number of nitrogens with two attached hydrogens (primary N) is 4. The Bertz CT molecular complexity index is 6200. The SMILES string of the molecule is CC(C)(C)OC(=O)OC(=O)OC(C)(C)C.CNOC.CON(C)C(=O)c1cccc(N)c1F.CON(C)C(=O)c1cccc([N+](=O)[O-])c1F.Cc1cc(C(=O)O)n(-c2cccc(C#N)c2)n1.Cl.NCCNCCN.Nc1cccc(C(=O)c2ccccc2)c1F.O=C(O)c1cccc([N+](=O)[O-])c1F.[Br-].[C-]#[N+]c1cccc(-n2nc(C)cc2C(=O)Nc2cccc(C(=O)c3ccccc3)c2F)c1.[HH].[Mg+2].[c-]1ccccc1. The van der Waals surface area contributed by atoms with E-state index in [2.05, 4.69) is 56.5 Å². The molecule has 143 heavy (non-hydrogen) atoms. The first-order chi connectivity index (χ1) is 66.2. The molecule has 12 rings (SSSR count). The van der Waals surface area contributed by atoms with Crippen LogP contribution < -0.4 is 56.0 Å². The number of hydrogen-bond donors (Lipinski definition) is 9. The molecular weight excluding hydrogens is 1970 g/mol. The Morgan fingerprint density at radius 2 is 0.916 bits per heavy atom. The number of nitrogens with one attached hydrogen (secondary N) is 3. The molecule has 0 aliphatic carbocycles. The number of ether oxygens (including phenoxy) is 3. The van der Waals surface area contributed by atoms with E-state index in [1.807, 2.05) is 36.4 Å². The number of nitro benzene ring substituents is 2. The van der Waals surface area contributed by atoms with Gasteiger partial charge in [0.15, 0.2) is 40.4 Å². The summed E-state index contributed by atoms with van der Waals surface area (Å²) < 4.78 is 85.0. The number of halogens is 7. The molecule has 0 saturated carbocycles. The van der Waals surface area contributed by atoms with E-state index < -0.39 is 120 Å². The zero-order valence-corrected chi connectivity index (χ0v) is 83.6.